The number of rotatable bonds is 2. The van der Waals surface area contributed by atoms with Crippen LogP contribution in [-0.2, 0) is 6.61 Å². The molecule has 0 saturated heterocycles. The lowest BCUT2D eigenvalue weighted by molar-refractivity contribution is 0.112. The molecular formula is C7H8O3. The molecule has 54 valence electrons. The van der Waals surface area contributed by atoms with E-state index in [1.807, 2.05) is 0 Å². The highest BCUT2D eigenvalue weighted by Crippen LogP contribution is 2.11. The summed E-state index contributed by atoms with van der Waals surface area (Å²) in [6, 6.07) is 1.53. The lowest BCUT2D eigenvalue weighted by Crippen LogP contribution is -1.75. The van der Waals surface area contributed by atoms with Crippen LogP contribution in [0.3, 0.4) is 0 Å². The van der Waals surface area contributed by atoms with Crippen molar-refractivity contribution in [1.82, 2.24) is 0 Å². The van der Waals surface area contributed by atoms with E-state index < -0.39 is 0 Å². The fourth-order valence-electron chi connectivity index (χ4n) is 0.755. The zero-order valence-electron chi connectivity index (χ0n) is 5.63. The Morgan fingerprint density at radius 1 is 1.80 bits per heavy atom. The van der Waals surface area contributed by atoms with Crippen LogP contribution in [0.1, 0.15) is 21.9 Å². The summed E-state index contributed by atoms with van der Waals surface area (Å²) in [5.74, 6) is 0.985. The van der Waals surface area contributed by atoms with E-state index in [0.717, 1.165) is 0 Å². The summed E-state index contributed by atoms with van der Waals surface area (Å²) < 4.78 is 4.97. The van der Waals surface area contributed by atoms with Gasteiger partial charge in [0.25, 0.3) is 0 Å². The van der Waals surface area contributed by atoms with E-state index in [-0.39, 0.29) is 6.61 Å². The lowest BCUT2D eigenvalue weighted by atomic mass is 10.3. The molecule has 0 aliphatic rings. The van der Waals surface area contributed by atoms with E-state index in [4.69, 9.17) is 9.52 Å². The third kappa shape index (κ3) is 1.09. The number of aryl methyl sites for hydroxylation is 1. The molecule has 1 aromatic rings. The second-order valence-electron chi connectivity index (χ2n) is 2.00. The molecule has 3 nitrogen and oxygen atoms in total. The van der Waals surface area contributed by atoms with Crippen LogP contribution in [-0.4, -0.2) is 11.4 Å². The second kappa shape index (κ2) is 2.66. The van der Waals surface area contributed by atoms with Crippen LogP contribution in [0.2, 0.25) is 0 Å². The number of hydrogen-bond acceptors (Lipinski definition) is 3. The number of aliphatic hydroxyl groups excluding tert-OH is 1. The van der Waals surface area contributed by atoms with Crippen molar-refractivity contribution < 1.29 is 14.3 Å². The van der Waals surface area contributed by atoms with E-state index in [2.05, 4.69) is 0 Å². The number of aldehydes is 1. The molecular weight excluding hydrogens is 132 g/mol. The molecule has 1 rings (SSSR count). The maximum atomic E-state index is 10.2. The highest BCUT2D eigenvalue weighted by atomic mass is 16.4. The van der Waals surface area contributed by atoms with Crippen molar-refractivity contribution in [3.63, 3.8) is 0 Å². The number of furan rings is 1. The van der Waals surface area contributed by atoms with E-state index in [0.29, 0.717) is 23.4 Å². The van der Waals surface area contributed by atoms with Crippen LogP contribution < -0.4 is 0 Å². The van der Waals surface area contributed by atoms with Gasteiger partial charge in [0.15, 0.2) is 6.29 Å². The zero-order chi connectivity index (χ0) is 7.56. The van der Waals surface area contributed by atoms with Crippen LogP contribution in [0, 0.1) is 6.92 Å². The molecule has 0 amide bonds. The number of carbonyl (C=O) groups excluding carboxylic acids is 1. The molecule has 0 atom stereocenters. The molecule has 0 aliphatic heterocycles. The Balaban J connectivity index is 3.03. The molecule has 0 fully saturated rings. The molecule has 0 aliphatic carbocycles. The minimum Gasteiger partial charge on any atom is -0.463 e. The van der Waals surface area contributed by atoms with Gasteiger partial charge in [0, 0.05) is 0 Å². The van der Waals surface area contributed by atoms with Gasteiger partial charge in [-0.2, -0.15) is 0 Å². The van der Waals surface area contributed by atoms with Gasteiger partial charge >= 0.3 is 0 Å². The Labute approximate surface area is 58.3 Å². The van der Waals surface area contributed by atoms with Gasteiger partial charge in [-0.15, -0.1) is 0 Å². The predicted octanol–water partition coefficient (Wildman–Crippen LogP) is 0.893. The SMILES string of the molecule is Cc1oc(CO)cc1C=O. The summed E-state index contributed by atoms with van der Waals surface area (Å²) in [7, 11) is 0. The van der Waals surface area contributed by atoms with Gasteiger partial charge < -0.3 is 9.52 Å². The van der Waals surface area contributed by atoms with Crippen LogP contribution in [0.5, 0.6) is 0 Å². The van der Waals surface area contributed by atoms with E-state index in [9.17, 15) is 4.79 Å². The summed E-state index contributed by atoms with van der Waals surface area (Å²) in [6.07, 6.45) is 0.706. The van der Waals surface area contributed by atoms with Crippen molar-refractivity contribution in [3.8, 4) is 0 Å². The minimum absolute atomic E-state index is 0.158. The van der Waals surface area contributed by atoms with Crippen LogP contribution in [0.25, 0.3) is 0 Å². The maximum Gasteiger partial charge on any atom is 0.153 e. The van der Waals surface area contributed by atoms with Crippen molar-refractivity contribution in [2.75, 3.05) is 0 Å². The molecule has 0 bridgehead atoms. The summed E-state index contributed by atoms with van der Waals surface area (Å²) in [6.45, 7) is 1.53. The number of hydrogen-bond donors (Lipinski definition) is 1. The van der Waals surface area contributed by atoms with Crippen molar-refractivity contribution >= 4 is 6.29 Å². The molecule has 0 aromatic carbocycles. The van der Waals surface area contributed by atoms with Gasteiger partial charge in [-0.1, -0.05) is 0 Å². The number of aliphatic hydroxyl groups is 1. The lowest BCUT2D eigenvalue weighted by Gasteiger charge is -1.83. The molecule has 0 radical (unpaired) electrons. The van der Waals surface area contributed by atoms with Crippen molar-refractivity contribution in [2.45, 2.75) is 13.5 Å². The summed E-state index contributed by atoms with van der Waals surface area (Å²) in [5, 5.41) is 8.56. The Hall–Kier alpha value is -1.09. The van der Waals surface area contributed by atoms with Crippen LogP contribution in [0.4, 0.5) is 0 Å². The monoisotopic (exact) mass is 140 g/mol. The van der Waals surface area contributed by atoms with Crippen LogP contribution in [0.15, 0.2) is 10.5 Å². The molecule has 1 N–H and O–H groups in total. The van der Waals surface area contributed by atoms with Gasteiger partial charge in [0.05, 0.1) is 5.56 Å². The standard InChI is InChI=1S/C7H8O3/c1-5-6(3-8)2-7(4-9)10-5/h2-3,9H,4H2,1H3. The molecule has 0 spiro atoms. The van der Waals surface area contributed by atoms with Gasteiger partial charge in [0.2, 0.25) is 0 Å². The molecule has 1 heterocycles. The normalized spacial score (nSPS) is 9.80. The first-order chi connectivity index (χ1) is 4.77. The average molecular weight is 140 g/mol. The zero-order valence-corrected chi connectivity index (χ0v) is 5.63. The third-order valence-corrected chi connectivity index (χ3v) is 1.29. The van der Waals surface area contributed by atoms with Gasteiger partial charge in [0.1, 0.15) is 18.1 Å². The Kier molecular flexibility index (Phi) is 1.87. The summed E-state index contributed by atoms with van der Waals surface area (Å²) in [4.78, 5) is 10.2. The van der Waals surface area contributed by atoms with Gasteiger partial charge in [-0.25, -0.2) is 0 Å². The number of carbonyl (C=O) groups is 1. The Morgan fingerprint density at radius 2 is 2.50 bits per heavy atom. The average Bonchev–Trinajstić information content (AvgIpc) is 2.30. The van der Waals surface area contributed by atoms with E-state index in [1.54, 1.807) is 6.92 Å². The quantitative estimate of drug-likeness (QED) is 0.620. The molecule has 3 heteroatoms. The van der Waals surface area contributed by atoms with E-state index in [1.165, 1.54) is 6.07 Å². The van der Waals surface area contributed by atoms with Crippen molar-refractivity contribution in [2.24, 2.45) is 0 Å². The highest BCUT2D eigenvalue weighted by Gasteiger charge is 2.03. The Bertz CT molecular complexity index is 237. The first kappa shape index (κ1) is 7.02. The van der Waals surface area contributed by atoms with E-state index >= 15 is 0 Å². The first-order valence-electron chi connectivity index (χ1n) is 2.93. The summed E-state index contributed by atoms with van der Waals surface area (Å²) in [5.41, 5.74) is 0.504. The molecule has 1 aromatic heterocycles. The highest BCUT2D eigenvalue weighted by molar-refractivity contribution is 5.76. The summed E-state index contributed by atoms with van der Waals surface area (Å²) >= 11 is 0. The molecule has 10 heavy (non-hydrogen) atoms. The topological polar surface area (TPSA) is 50.4 Å². The first-order valence-corrected chi connectivity index (χ1v) is 2.93. The predicted molar refractivity (Wildman–Crippen MR) is 34.8 cm³/mol. The molecule has 0 saturated carbocycles. The smallest absolute Gasteiger partial charge is 0.153 e. The van der Waals surface area contributed by atoms with Crippen molar-refractivity contribution in [3.05, 3.63) is 23.2 Å². The van der Waals surface area contributed by atoms with Gasteiger partial charge in [-0.3, -0.25) is 4.79 Å². The van der Waals surface area contributed by atoms with Crippen molar-refractivity contribution in [1.29, 1.82) is 0 Å². The maximum absolute atomic E-state index is 10.2. The van der Waals surface area contributed by atoms with Crippen LogP contribution >= 0.6 is 0 Å². The Morgan fingerprint density at radius 3 is 2.80 bits per heavy atom. The van der Waals surface area contributed by atoms with Gasteiger partial charge in [-0.05, 0) is 13.0 Å². The fourth-order valence-corrected chi connectivity index (χ4v) is 0.755. The minimum atomic E-state index is -0.158. The molecule has 0 unspecified atom stereocenters. The fraction of sp³-hybridized carbons (Fsp3) is 0.286. The largest absolute Gasteiger partial charge is 0.463 e. The third-order valence-electron chi connectivity index (χ3n) is 1.29. The second-order valence-corrected chi connectivity index (χ2v) is 2.00.